The largest absolute Gasteiger partial charge is 0.462 e. The Balaban J connectivity index is 1.96. The maximum absolute atomic E-state index is 14.1. The summed E-state index contributed by atoms with van der Waals surface area (Å²) in [5.74, 6) is -2.14. The van der Waals surface area contributed by atoms with Gasteiger partial charge in [-0.25, -0.2) is 13.6 Å². The quantitative estimate of drug-likeness (QED) is 0.584. The molecule has 2 aromatic heterocycles. The molecule has 1 aliphatic heterocycles. The van der Waals surface area contributed by atoms with Crippen LogP contribution >= 0.6 is 0 Å². The molecular formula is C24H25F2N3O2. The average molecular weight is 425 g/mol. The van der Waals surface area contributed by atoms with E-state index in [0.29, 0.717) is 22.4 Å². The van der Waals surface area contributed by atoms with Gasteiger partial charge in [-0.15, -0.1) is 0 Å². The Morgan fingerprint density at radius 3 is 2.48 bits per heavy atom. The standard InChI is InChI=1S/C24H25F2N3O2/c1-3-31-24(30)21-20(15-6-10-27-11-7-15)23(17-4-5-18(25)19(26)14-17)28-22(21)16-8-12-29(2)13-9-16/h4-7,10-11,14,16,28H,3,8-9,12-13H2,1-2H3. The summed E-state index contributed by atoms with van der Waals surface area (Å²) in [4.78, 5) is 22.9. The van der Waals surface area contributed by atoms with E-state index < -0.39 is 17.6 Å². The van der Waals surface area contributed by atoms with Crippen LogP contribution in [0.4, 0.5) is 8.78 Å². The number of likely N-dealkylation sites (tertiary alicyclic amines) is 1. The second-order valence-corrected chi connectivity index (χ2v) is 7.83. The highest BCUT2D eigenvalue weighted by Gasteiger charge is 2.31. The van der Waals surface area contributed by atoms with Gasteiger partial charge in [0.15, 0.2) is 11.6 Å². The Bertz CT molecular complexity index is 1070. The predicted molar refractivity (Wildman–Crippen MR) is 115 cm³/mol. The van der Waals surface area contributed by atoms with Crippen LogP contribution in [0.1, 0.15) is 41.7 Å². The number of aromatic amines is 1. The van der Waals surface area contributed by atoms with Crippen molar-refractivity contribution in [3.05, 3.63) is 65.6 Å². The number of nitrogens with zero attached hydrogens (tertiary/aromatic N) is 2. The lowest BCUT2D eigenvalue weighted by atomic mass is 9.89. The molecule has 5 nitrogen and oxygen atoms in total. The van der Waals surface area contributed by atoms with Gasteiger partial charge in [-0.2, -0.15) is 0 Å². The number of H-pyrrole nitrogens is 1. The number of piperidine rings is 1. The summed E-state index contributed by atoms with van der Waals surface area (Å²) in [7, 11) is 2.08. The molecule has 7 heteroatoms. The van der Waals surface area contributed by atoms with Crippen molar-refractivity contribution in [2.45, 2.75) is 25.7 Å². The Hall–Kier alpha value is -3.06. The zero-order valence-electron chi connectivity index (χ0n) is 17.6. The molecule has 0 atom stereocenters. The number of hydrogen-bond acceptors (Lipinski definition) is 4. The van der Waals surface area contributed by atoms with E-state index in [-0.39, 0.29) is 12.5 Å². The molecule has 0 amide bonds. The molecule has 0 aliphatic carbocycles. The summed E-state index contributed by atoms with van der Waals surface area (Å²) < 4.78 is 33.1. The van der Waals surface area contributed by atoms with Crippen LogP contribution in [0, 0.1) is 11.6 Å². The van der Waals surface area contributed by atoms with Crippen molar-refractivity contribution in [2.75, 3.05) is 26.7 Å². The summed E-state index contributed by atoms with van der Waals surface area (Å²) in [6.07, 6.45) is 5.05. The van der Waals surface area contributed by atoms with Crippen molar-refractivity contribution >= 4 is 5.97 Å². The molecule has 4 rings (SSSR count). The average Bonchev–Trinajstić information content (AvgIpc) is 3.18. The molecule has 3 aromatic rings. The smallest absolute Gasteiger partial charge is 0.340 e. The molecule has 1 aromatic carbocycles. The van der Waals surface area contributed by atoms with Gasteiger partial charge >= 0.3 is 5.97 Å². The fraction of sp³-hybridized carbons (Fsp3) is 0.333. The molecule has 0 spiro atoms. The number of halogens is 2. The fourth-order valence-electron chi connectivity index (χ4n) is 4.21. The minimum atomic E-state index is -0.939. The highest BCUT2D eigenvalue weighted by molar-refractivity contribution is 6.03. The Morgan fingerprint density at radius 2 is 1.84 bits per heavy atom. The third kappa shape index (κ3) is 4.23. The van der Waals surface area contributed by atoms with Gasteiger partial charge in [0.1, 0.15) is 0 Å². The zero-order chi connectivity index (χ0) is 22.0. The van der Waals surface area contributed by atoms with Gasteiger partial charge in [0, 0.05) is 35.1 Å². The van der Waals surface area contributed by atoms with Gasteiger partial charge in [0.25, 0.3) is 0 Å². The first-order valence-electron chi connectivity index (χ1n) is 10.5. The molecule has 0 saturated carbocycles. The fourth-order valence-corrected chi connectivity index (χ4v) is 4.21. The number of ether oxygens (including phenoxy) is 1. The van der Waals surface area contributed by atoms with Gasteiger partial charge < -0.3 is 14.6 Å². The summed E-state index contributed by atoms with van der Waals surface area (Å²) in [6.45, 7) is 3.84. The molecule has 3 heterocycles. The molecule has 0 unspecified atom stereocenters. The van der Waals surface area contributed by atoms with Crippen LogP contribution in [-0.2, 0) is 4.74 Å². The molecule has 0 bridgehead atoms. The van der Waals surface area contributed by atoms with Crippen LogP contribution in [-0.4, -0.2) is 47.6 Å². The minimum Gasteiger partial charge on any atom is -0.462 e. The van der Waals surface area contributed by atoms with Crippen molar-refractivity contribution in [1.82, 2.24) is 14.9 Å². The van der Waals surface area contributed by atoms with Gasteiger partial charge in [-0.05, 0) is 75.8 Å². The van der Waals surface area contributed by atoms with Gasteiger partial charge in [0.05, 0.1) is 17.9 Å². The molecule has 1 aliphatic rings. The van der Waals surface area contributed by atoms with Crippen LogP contribution in [0.3, 0.4) is 0 Å². The number of rotatable bonds is 5. The summed E-state index contributed by atoms with van der Waals surface area (Å²) in [5.41, 5.74) is 3.67. The molecular weight excluding hydrogens is 400 g/mol. The Kier molecular flexibility index (Phi) is 6.13. The maximum atomic E-state index is 14.1. The number of esters is 1. The summed E-state index contributed by atoms with van der Waals surface area (Å²) in [5, 5.41) is 0. The van der Waals surface area contributed by atoms with Crippen molar-refractivity contribution in [3.8, 4) is 22.4 Å². The van der Waals surface area contributed by atoms with E-state index in [1.54, 1.807) is 31.5 Å². The lowest BCUT2D eigenvalue weighted by Crippen LogP contribution is -2.30. The van der Waals surface area contributed by atoms with E-state index in [2.05, 4.69) is 21.9 Å². The first-order chi connectivity index (χ1) is 15.0. The molecule has 31 heavy (non-hydrogen) atoms. The number of benzene rings is 1. The van der Waals surface area contributed by atoms with Crippen molar-refractivity contribution in [3.63, 3.8) is 0 Å². The molecule has 1 fully saturated rings. The van der Waals surface area contributed by atoms with E-state index >= 15 is 0 Å². The molecule has 0 radical (unpaired) electrons. The monoisotopic (exact) mass is 425 g/mol. The van der Waals surface area contributed by atoms with E-state index in [1.807, 2.05) is 0 Å². The zero-order valence-corrected chi connectivity index (χ0v) is 17.6. The lowest BCUT2D eigenvalue weighted by Gasteiger charge is -2.29. The first kappa shape index (κ1) is 21.2. The van der Waals surface area contributed by atoms with E-state index in [4.69, 9.17) is 4.74 Å². The number of aromatic nitrogens is 2. The van der Waals surface area contributed by atoms with Gasteiger partial charge in [-0.3, -0.25) is 4.98 Å². The third-order valence-electron chi connectivity index (χ3n) is 5.81. The van der Waals surface area contributed by atoms with E-state index in [9.17, 15) is 13.6 Å². The SMILES string of the molecule is CCOC(=O)c1c(C2CCN(C)CC2)[nH]c(-c2ccc(F)c(F)c2)c1-c1ccncc1. The second kappa shape index (κ2) is 8.98. The molecule has 1 N–H and O–H groups in total. The van der Waals surface area contributed by atoms with Crippen LogP contribution < -0.4 is 0 Å². The number of carbonyl (C=O) groups excluding carboxylic acids is 1. The van der Waals surface area contributed by atoms with Gasteiger partial charge in [0.2, 0.25) is 0 Å². The maximum Gasteiger partial charge on any atom is 0.340 e. The van der Waals surface area contributed by atoms with Crippen LogP contribution in [0.15, 0.2) is 42.7 Å². The third-order valence-corrected chi connectivity index (χ3v) is 5.81. The summed E-state index contributed by atoms with van der Waals surface area (Å²) in [6, 6.07) is 7.37. The van der Waals surface area contributed by atoms with Crippen molar-refractivity contribution in [2.24, 2.45) is 0 Å². The topological polar surface area (TPSA) is 58.2 Å². The highest BCUT2D eigenvalue weighted by atomic mass is 19.2. The van der Waals surface area contributed by atoms with E-state index in [0.717, 1.165) is 49.3 Å². The van der Waals surface area contributed by atoms with Crippen LogP contribution in [0.2, 0.25) is 0 Å². The molecule has 1 saturated heterocycles. The van der Waals surface area contributed by atoms with E-state index in [1.165, 1.54) is 6.07 Å². The molecule has 162 valence electrons. The first-order valence-corrected chi connectivity index (χ1v) is 10.5. The second-order valence-electron chi connectivity index (χ2n) is 7.83. The number of carbonyl (C=O) groups is 1. The predicted octanol–water partition coefficient (Wildman–Crippen LogP) is 5.01. The number of pyridine rings is 1. The van der Waals surface area contributed by atoms with Gasteiger partial charge in [-0.1, -0.05) is 0 Å². The van der Waals surface area contributed by atoms with Crippen LogP contribution in [0.5, 0.6) is 0 Å². The normalized spacial score (nSPS) is 15.2. The van der Waals surface area contributed by atoms with Crippen molar-refractivity contribution in [1.29, 1.82) is 0 Å². The number of nitrogens with one attached hydrogen (secondary N) is 1. The Morgan fingerprint density at radius 1 is 1.13 bits per heavy atom. The van der Waals surface area contributed by atoms with Crippen LogP contribution in [0.25, 0.3) is 22.4 Å². The van der Waals surface area contributed by atoms with Crippen molar-refractivity contribution < 1.29 is 18.3 Å². The highest BCUT2D eigenvalue weighted by Crippen LogP contribution is 2.42. The summed E-state index contributed by atoms with van der Waals surface area (Å²) >= 11 is 0. The number of hydrogen-bond donors (Lipinski definition) is 1. The minimum absolute atomic E-state index is 0.134. The lowest BCUT2D eigenvalue weighted by molar-refractivity contribution is 0.0525. The Labute approximate surface area is 180 Å².